The average molecular weight is 658 g/mol. The molecule has 1 unspecified atom stereocenters. The van der Waals surface area contributed by atoms with Gasteiger partial charge in [-0.15, -0.1) is 0 Å². The first kappa shape index (κ1) is 37.1. The third-order valence-electron chi connectivity index (χ3n) is 8.07. The molecule has 3 rings (SSSR count). The molecule has 6 nitrogen and oxygen atoms in total. The van der Waals surface area contributed by atoms with Gasteiger partial charge in [-0.05, 0) is 41.5 Å². The van der Waals surface area contributed by atoms with E-state index < -0.39 is 13.2 Å². The number of unbranched alkanes of at least 4 members (excludes halogenated alkanes) is 9. The highest BCUT2D eigenvalue weighted by atomic mass is 32.1. The largest absolute Gasteiger partial charge is 0.736 e. The minimum absolute atomic E-state index is 0.263. The van der Waals surface area contributed by atoms with Gasteiger partial charge in [-0.2, -0.15) is 4.57 Å². The van der Waals surface area contributed by atoms with E-state index in [4.69, 9.17) is 13.8 Å². The summed E-state index contributed by atoms with van der Waals surface area (Å²) in [5.74, 6) is 1.32. The molecule has 8 heteroatoms. The summed E-state index contributed by atoms with van der Waals surface area (Å²) >= 11 is 1.64. The smallest absolute Gasteiger partial charge is 0.372 e. The Hall–Kier alpha value is -2.34. The first-order valence-corrected chi connectivity index (χ1v) is 19.1. The molecule has 0 aliphatic rings. The molecule has 0 amide bonds. The Bertz CT molecular complexity index is 1390. The van der Waals surface area contributed by atoms with Gasteiger partial charge in [0, 0.05) is 18.1 Å². The molecule has 3 aromatic rings. The lowest BCUT2D eigenvalue weighted by molar-refractivity contribution is -0.689. The molecule has 1 atom stereocenters. The Morgan fingerprint density at radius 3 is 1.89 bits per heavy atom. The zero-order valence-corrected chi connectivity index (χ0v) is 30.7. The summed E-state index contributed by atoms with van der Waals surface area (Å²) in [5, 5.41) is 3.12. The number of rotatable bonds is 18. The molecule has 2 aromatic carbocycles. The van der Waals surface area contributed by atoms with Gasteiger partial charge in [-0.3, -0.25) is 0 Å². The van der Waals surface area contributed by atoms with E-state index in [0.29, 0.717) is 13.2 Å². The van der Waals surface area contributed by atoms with Crippen LogP contribution in [0.25, 0.3) is 0 Å². The second kappa shape index (κ2) is 17.0. The fraction of sp³-hybridized carbons (Fsp3) is 0.595. The zero-order valence-electron chi connectivity index (χ0n) is 28.9. The van der Waals surface area contributed by atoms with Crippen molar-refractivity contribution in [2.24, 2.45) is 0 Å². The Morgan fingerprint density at radius 1 is 0.778 bits per heavy atom. The second-order valence-corrected chi connectivity index (χ2v) is 16.5. The van der Waals surface area contributed by atoms with E-state index in [-0.39, 0.29) is 16.9 Å². The SMILES string of the molecule is CCCCCCCCCCCCOc1cc(C(C)(C)C)c(OP(=O)([O-])Oc2ccccc2C[n+]2ccsc2C)cc1C(C)(C)C. The molecule has 0 fully saturated rings. The van der Waals surface area contributed by atoms with Gasteiger partial charge >= 0.3 is 7.82 Å². The van der Waals surface area contributed by atoms with Gasteiger partial charge in [0.15, 0.2) is 12.7 Å². The maximum absolute atomic E-state index is 13.4. The Kier molecular flexibility index (Phi) is 14.0. The molecule has 0 spiro atoms. The van der Waals surface area contributed by atoms with Gasteiger partial charge in [0.25, 0.3) is 0 Å². The minimum Gasteiger partial charge on any atom is -0.736 e. The molecular weight excluding hydrogens is 601 g/mol. The summed E-state index contributed by atoms with van der Waals surface area (Å²) in [7, 11) is -4.79. The molecule has 250 valence electrons. The quantitative estimate of drug-likeness (QED) is 0.0773. The number of thiazole rings is 1. The van der Waals surface area contributed by atoms with Gasteiger partial charge < -0.3 is 18.7 Å². The van der Waals surface area contributed by atoms with Crippen LogP contribution in [0.1, 0.15) is 134 Å². The number of phosphoric ester groups is 1. The summed E-state index contributed by atoms with van der Waals surface area (Å²) in [6, 6.07) is 11.0. The van der Waals surface area contributed by atoms with Gasteiger partial charge in [-0.1, -0.05) is 130 Å². The molecule has 1 heterocycles. The number of para-hydroxylation sites is 1. The maximum atomic E-state index is 13.4. The fourth-order valence-electron chi connectivity index (χ4n) is 5.40. The van der Waals surface area contributed by atoms with Crippen molar-refractivity contribution in [2.75, 3.05) is 6.61 Å². The van der Waals surface area contributed by atoms with Crippen molar-refractivity contribution in [2.45, 2.75) is 137 Å². The van der Waals surface area contributed by atoms with Crippen LogP contribution in [0.15, 0.2) is 48.0 Å². The van der Waals surface area contributed by atoms with Crippen LogP contribution in [0, 0.1) is 6.92 Å². The summed E-state index contributed by atoms with van der Waals surface area (Å²) in [5.41, 5.74) is 1.72. The molecule has 0 saturated heterocycles. The van der Waals surface area contributed by atoms with Gasteiger partial charge in [-0.25, -0.2) is 4.57 Å². The third-order valence-corrected chi connectivity index (χ3v) is 9.74. The number of aromatic nitrogens is 1. The lowest BCUT2D eigenvalue weighted by atomic mass is 9.81. The number of aryl methyl sites for hydroxylation is 1. The third kappa shape index (κ3) is 12.1. The number of nitrogens with zero attached hydrogens (tertiary/aromatic N) is 1. The lowest BCUT2D eigenvalue weighted by Crippen LogP contribution is -2.34. The Labute approximate surface area is 276 Å². The summed E-state index contributed by atoms with van der Waals surface area (Å²) in [6.45, 7) is 17.9. The van der Waals surface area contributed by atoms with Crippen LogP contribution in [0.2, 0.25) is 0 Å². The van der Waals surface area contributed by atoms with Crippen molar-refractivity contribution in [1.29, 1.82) is 0 Å². The molecule has 0 saturated carbocycles. The normalized spacial score (nSPS) is 13.4. The highest BCUT2D eigenvalue weighted by Crippen LogP contribution is 2.48. The molecule has 0 aliphatic heterocycles. The van der Waals surface area contributed by atoms with Gasteiger partial charge in [0.2, 0.25) is 5.01 Å². The summed E-state index contributed by atoms with van der Waals surface area (Å²) in [4.78, 5) is 13.4. The van der Waals surface area contributed by atoms with Crippen molar-refractivity contribution in [3.05, 3.63) is 69.7 Å². The van der Waals surface area contributed by atoms with Gasteiger partial charge in [0.1, 0.15) is 17.2 Å². The first-order valence-electron chi connectivity index (χ1n) is 16.7. The van der Waals surface area contributed by atoms with E-state index in [0.717, 1.165) is 40.3 Å². The number of benzene rings is 2. The standard InChI is InChI=1S/C37H56NO5PS/c1-9-10-11-12-13-14-15-16-17-20-24-41-34-26-32(37(6,7)8)35(27-31(34)36(3,4)5)43-44(39,40)42-33-22-19-18-21-30(33)28-38-23-25-45-29(38)2/h18-19,21-23,25-27H,9-17,20,24,28H2,1-8H3. The topological polar surface area (TPSA) is 71.7 Å². The molecule has 0 N–H and O–H groups in total. The monoisotopic (exact) mass is 657 g/mol. The van der Waals surface area contributed by atoms with Crippen molar-refractivity contribution >= 4 is 19.2 Å². The van der Waals surface area contributed by atoms with Crippen LogP contribution in [0.3, 0.4) is 0 Å². The average Bonchev–Trinajstić information content (AvgIpc) is 3.35. The molecule has 45 heavy (non-hydrogen) atoms. The number of hydrogen-bond acceptors (Lipinski definition) is 6. The predicted octanol–water partition coefficient (Wildman–Crippen LogP) is 10.2. The summed E-state index contributed by atoms with van der Waals surface area (Å²) < 4.78 is 33.3. The predicted molar refractivity (Wildman–Crippen MR) is 185 cm³/mol. The lowest BCUT2D eigenvalue weighted by Gasteiger charge is -2.32. The first-order chi connectivity index (χ1) is 21.2. The van der Waals surface area contributed by atoms with E-state index in [1.165, 1.54) is 51.4 Å². The second-order valence-electron chi connectivity index (χ2n) is 14.2. The van der Waals surface area contributed by atoms with Crippen molar-refractivity contribution in [1.82, 2.24) is 0 Å². The number of ether oxygens (including phenoxy) is 1. The number of phosphoric acid groups is 1. The van der Waals surface area contributed by atoms with Crippen LogP contribution < -0.4 is 23.2 Å². The maximum Gasteiger partial charge on any atom is 0.372 e. The van der Waals surface area contributed by atoms with Crippen LogP contribution >= 0.6 is 19.2 Å². The summed E-state index contributed by atoms with van der Waals surface area (Å²) in [6.07, 6.45) is 14.7. The van der Waals surface area contributed by atoms with Crippen molar-refractivity contribution in [3.63, 3.8) is 0 Å². The molecule has 1 aromatic heterocycles. The van der Waals surface area contributed by atoms with E-state index in [1.54, 1.807) is 23.5 Å². The number of hydrogen-bond donors (Lipinski definition) is 0. The van der Waals surface area contributed by atoms with Crippen LogP contribution in [-0.2, 0) is 21.9 Å². The molecule has 0 radical (unpaired) electrons. The highest BCUT2D eigenvalue weighted by Gasteiger charge is 2.29. The van der Waals surface area contributed by atoms with E-state index >= 15 is 0 Å². The van der Waals surface area contributed by atoms with E-state index in [2.05, 4.69) is 32.3 Å². The van der Waals surface area contributed by atoms with E-state index in [9.17, 15) is 9.46 Å². The highest BCUT2D eigenvalue weighted by molar-refractivity contribution is 7.46. The van der Waals surface area contributed by atoms with E-state index in [1.807, 2.05) is 63.5 Å². The van der Waals surface area contributed by atoms with Crippen molar-refractivity contribution < 1.29 is 27.8 Å². The minimum atomic E-state index is -4.79. The van der Waals surface area contributed by atoms with Crippen LogP contribution in [0.5, 0.6) is 17.2 Å². The Balaban J connectivity index is 1.73. The zero-order chi connectivity index (χ0) is 33.1. The molecule has 0 aliphatic carbocycles. The van der Waals surface area contributed by atoms with Gasteiger partial charge in [0.05, 0.1) is 17.6 Å². The fourth-order valence-corrected chi connectivity index (χ4v) is 6.92. The van der Waals surface area contributed by atoms with Crippen LogP contribution in [-0.4, -0.2) is 6.61 Å². The van der Waals surface area contributed by atoms with Crippen LogP contribution in [0.4, 0.5) is 0 Å². The Morgan fingerprint density at radius 2 is 1.31 bits per heavy atom. The van der Waals surface area contributed by atoms with Crippen molar-refractivity contribution in [3.8, 4) is 17.2 Å². The molecule has 0 bridgehead atoms. The molecular formula is C37H56NO5PS.